The maximum Gasteiger partial charge on any atom is 1.00 e. The number of aliphatic carboxylic acids is 4. The number of carbonyl (C=O) groups is 4. The molecule has 0 aromatic carbocycles. The SMILES string of the molecule is O=C(O)C(F)(F)F.O=C(O)C(F)(F)F.O=C(O)C(F)(F)F.O=C(O)C(F)(F)F.[N-]=O.[N-]=O.[Ru+].[Ru+]. The number of rotatable bonds is 0. The molecular weight excluding hydrogens is 714 g/mol. The molecule has 0 aromatic rings. The van der Waals surface area contributed by atoms with E-state index in [0.717, 1.165) is 0 Å². The van der Waals surface area contributed by atoms with Crippen LogP contribution in [-0.4, -0.2) is 69.0 Å². The molecule has 4 N–H and O–H groups in total. The van der Waals surface area contributed by atoms with Crippen molar-refractivity contribution in [1.82, 2.24) is 0 Å². The molecule has 0 saturated carbocycles. The molecule has 12 nitrogen and oxygen atoms in total. The molecule has 0 unspecified atom stereocenters. The fraction of sp³-hybridized carbons (Fsp3) is 0.500. The first-order chi connectivity index (χ1) is 13.8. The Bertz CT molecular complexity index is 481. The molecule has 0 saturated heterocycles. The molecule has 0 aliphatic carbocycles. The fourth-order valence-corrected chi connectivity index (χ4v) is 0. The Hall–Kier alpha value is -2.51. The van der Waals surface area contributed by atoms with Crippen LogP contribution >= 0.6 is 0 Å². The summed E-state index contributed by atoms with van der Waals surface area (Å²) in [5.74, 6) is -11.0. The van der Waals surface area contributed by atoms with Crippen molar-refractivity contribution in [3.63, 3.8) is 0 Å². The predicted molar refractivity (Wildman–Crippen MR) is 68.2 cm³/mol. The fourth-order valence-electron chi connectivity index (χ4n) is 0. The summed E-state index contributed by atoms with van der Waals surface area (Å²) >= 11 is 0. The van der Waals surface area contributed by atoms with Gasteiger partial charge in [0.2, 0.25) is 0 Å². The molecule has 0 aliphatic heterocycles. The van der Waals surface area contributed by atoms with E-state index in [9.17, 15) is 52.7 Å². The number of hydrogen-bond donors (Lipinski definition) is 4. The van der Waals surface area contributed by atoms with Gasteiger partial charge in [0.05, 0.1) is 0 Å². The second-order valence-electron chi connectivity index (χ2n) is 3.21. The van der Waals surface area contributed by atoms with Gasteiger partial charge in [0, 0.05) is 0 Å². The molecule has 206 valence electrons. The summed E-state index contributed by atoms with van der Waals surface area (Å²) in [5.41, 5.74) is 11.5. The van der Waals surface area contributed by atoms with Crippen molar-refractivity contribution in [3.8, 4) is 0 Å². The second kappa shape index (κ2) is 23.6. The van der Waals surface area contributed by atoms with Gasteiger partial charge in [-0.25, -0.2) is 19.2 Å². The average molecular weight is 718 g/mol. The van der Waals surface area contributed by atoms with Gasteiger partial charge < -0.3 is 41.4 Å². The van der Waals surface area contributed by atoms with Gasteiger partial charge in [0.25, 0.3) is 0 Å². The standard InChI is InChI=1S/4C2HF3O2.2NO.2Ru/c4*3-2(4,5)1(6)7;2*1-2;;/h4*(H,6,7);;;;/q;;;;2*-1;2*+1. The summed E-state index contributed by atoms with van der Waals surface area (Å²) in [5, 5.41) is 28.5. The van der Waals surface area contributed by atoms with Crippen LogP contribution in [0.1, 0.15) is 0 Å². The first-order valence-corrected chi connectivity index (χ1v) is 5.34. The van der Waals surface area contributed by atoms with Gasteiger partial charge in [-0.3, -0.25) is 0 Å². The van der Waals surface area contributed by atoms with Crippen LogP contribution in [0.25, 0.3) is 11.2 Å². The minimum Gasteiger partial charge on any atom is -0.577 e. The average Bonchev–Trinajstić information content (AvgIpc) is 2.56. The number of hydrogen-bond acceptors (Lipinski definition) is 6. The van der Waals surface area contributed by atoms with Crippen molar-refractivity contribution in [1.29, 1.82) is 0 Å². The maximum atomic E-state index is 10.6. The molecular formula is C8H4F12N2O10Ru2. The molecule has 0 amide bonds. The smallest absolute Gasteiger partial charge is 0.577 e. The number of nitrogens with zero attached hydrogens (tertiary/aromatic N) is 2. The van der Waals surface area contributed by atoms with Crippen LogP contribution in [-0.2, 0) is 58.1 Å². The van der Waals surface area contributed by atoms with Gasteiger partial charge in [-0.15, -0.1) is 0 Å². The maximum absolute atomic E-state index is 10.6. The molecule has 34 heavy (non-hydrogen) atoms. The largest absolute Gasteiger partial charge is 1.00 e. The predicted octanol–water partition coefficient (Wildman–Crippen LogP) is 3.17. The topological polar surface area (TPSA) is 228 Å². The molecule has 0 aliphatic rings. The Labute approximate surface area is 201 Å². The quantitative estimate of drug-likeness (QED) is 0.211. The zero-order chi connectivity index (χ0) is 28.3. The zero-order valence-electron chi connectivity index (χ0n) is 14.4. The van der Waals surface area contributed by atoms with E-state index >= 15 is 0 Å². The summed E-state index contributed by atoms with van der Waals surface area (Å²) in [7, 11) is 0. The van der Waals surface area contributed by atoms with Crippen LogP contribution in [0.5, 0.6) is 0 Å². The van der Waals surface area contributed by atoms with Crippen molar-refractivity contribution in [2.24, 2.45) is 0 Å². The van der Waals surface area contributed by atoms with E-state index in [4.69, 9.17) is 60.6 Å². The molecule has 0 atom stereocenters. The molecule has 0 fully saturated rings. The van der Waals surface area contributed by atoms with Gasteiger partial charge in [0.15, 0.2) is 0 Å². The summed E-state index contributed by atoms with van der Waals surface area (Å²) in [6, 6.07) is 0. The number of alkyl halides is 12. The monoisotopic (exact) mass is 720 g/mol. The van der Waals surface area contributed by atoms with E-state index in [1.54, 1.807) is 0 Å². The summed E-state index contributed by atoms with van der Waals surface area (Å²) in [6.45, 7) is 0. The Morgan fingerprint density at radius 3 is 0.412 bits per heavy atom. The third kappa shape index (κ3) is 51.8. The van der Waals surface area contributed by atoms with E-state index in [-0.39, 0.29) is 39.0 Å². The van der Waals surface area contributed by atoms with E-state index in [1.165, 1.54) is 0 Å². The van der Waals surface area contributed by atoms with Gasteiger partial charge in [-0.1, -0.05) is 0 Å². The third-order valence-electron chi connectivity index (χ3n) is 0.970. The van der Waals surface area contributed by atoms with Crippen molar-refractivity contribution in [2.75, 3.05) is 0 Å². The molecule has 0 bridgehead atoms. The van der Waals surface area contributed by atoms with Crippen molar-refractivity contribution >= 4 is 23.9 Å². The summed E-state index contributed by atoms with van der Waals surface area (Å²) in [4.78, 5) is 50.1. The first kappa shape index (κ1) is 53.1. The Balaban J connectivity index is -0.0000000412. The van der Waals surface area contributed by atoms with E-state index < -0.39 is 48.6 Å². The summed E-state index contributed by atoms with van der Waals surface area (Å²) in [6.07, 6.45) is -20.3. The molecule has 0 aromatic heterocycles. The van der Waals surface area contributed by atoms with Crippen molar-refractivity contribution in [3.05, 3.63) is 21.0 Å². The van der Waals surface area contributed by atoms with E-state index in [2.05, 4.69) is 0 Å². The van der Waals surface area contributed by atoms with Gasteiger partial charge >= 0.3 is 87.5 Å². The van der Waals surface area contributed by atoms with Crippen LogP contribution in [0.3, 0.4) is 0 Å². The van der Waals surface area contributed by atoms with Gasteiger partial charge in [-0.2, -0.15) is 52.7 Å². The Kier molecular flexibility index (Phi) is 36.9. The molecule has 26 heteroatoms. The van der Waals surface area contributed by atoms with Gasteiger partial charge in [0.1, 0.15) is 0 Å². The van der Waals surface area contributed by atoms with Crippen LogP contribution in [0.15, 0.2) is 0 Å². The molecule has 0 spiro atoms. The Morgan fingerprint density at radius 1 is 0.382 bits per heavy atom. The van der Waals surface area contributed by atoms with E-state index in [1.807, 2.05) is 0 Å². The third-order valence-corrected chi connectivity index (χ3v) is 0.970. The van der Waals surface area contributed by atoms with Crippen molar-refractivity contribution < 1.29 is 131 Å². The number of carboxylic acids is 4. The Morgan fingerprint density at radius 2 is 0.412 bits per heavy atom. The van der Waals surface area contributed by atoms with Gasteiger partial charge in [-0.05, 0) is 0 Å². The van der Waals surface area contributed by atoms with Crippen LogP contribution in [0.4, 0.5) is 52.7 Å². The molecule has 0 heterocycles. The minimum absolute atomic E-state index is 0. The first-order valence-electron chi connectivity index (χ1n) is 5.34. The normalized spacial score (nSPS) is 9.53. The number of carboxylic acid groups (broad SMARTS) is 4. The van der Waals surface area contributed by atoms with Crippen LogP contribution in [0, 0.1) is 9.81 Å². The number of halogens is 12. The van der Waals surface area contributed by atoms with Crippen LogP contribution < -0.4 is 0 Å². The molecule has 2 radical (unpaired) electrons. The zero-order valence-corrected chi connectivity index (χ0v) is 17.9. The summed E-state index contributed by atoms with van der Waals surface area (Å²) < 4.78 is 127. The van der Waals surface area contributed by atoms with Crippen LogP contribution in [0.2, 0.25) is 0 Å². The second-order valence-corrected chi connectivity index (χ2v) is 3.21. The molecule has 0 rings (SSSR count). The number of nitroso groups, excluding NO2 is 2. The van der Waals surface area contributed by atoms with E-state index in [0.29, 0.717) is 0 Å². The minimum atomic E-state index is -5.08. The van der Waals surface area contributed by atoms with Crippen molar-refractivity contribution in [2.45, 2.75) is 24.7 Å².